The third-order valence-electron chi connectivity index (χ3n) is 3.70. The Morgan fingerprint density at radius 1 is 1.32 bits per heavy atom. The molecule has 0 atom stereocenters. The monoisotopic (exact) mass is 265 g/mol. The van der Waals surface area contributed by atoms with E-state index in [0.29, 0.717) is 13.2 Å². The molecule has 1 aromatic carbocycles. The van der Waals surface area contributed by atoms with Crippen molar-refractivity contribution in [2.75, 3.05) is 47.1 Å². The van der Waals surface area contributed by atoms with Crippen LogP contribution in [0.25, 0.3) is 0 Å². The third-order valence-corrected chi connectivity index (χ3v) is 3.70. The van der Waals surface area contributed by atoms with Crippen LogP contribution in [0.15, 0.2) is 24.3 Å². The van der Waals surface area contributed by atoms with E-state index in [-0.39, 0.29) is 12.0 Å². The highest BCUT2D eigenvalue weighted by Gasteiger charge is 2.38. The van der Waals surface area contributed by atoms with Gasteiger partial charge in [0.15, 0.2) is 0 Å². The summed E-state index contributed by atoms with van der Waals surface area (Å²) in [5.41, 5.74) is 1.27. The molecular weight excluding hydrogens is 242 g/mol. The second-order valence-electron chi connectivity index (χ2n) is 5.49. The summed E-state index contributed by atoms with van der Waals surface area (Å²) in [7, 11) is 3.77. The van der Waals surface area contributed by atoms with Crippen molar-refractivity contribution in [2.24, 2.45) is 5.41 Å². The molecule has 0 saturated carbocycles. The summed E-state index contributed by atoms with van der Waals surface area (Å²) in [4.78, 5) is 2.27. The first-order chi connectivity index (χ1) is 9.17. The molecule has 1 aliphatic heterocycles. The average molecular weight is 265 g/mol. The molecule has 0 amide bonds. The molecule has 0 radical (unpaired) electrons. The largest absolute Gasteiger partial charge is 0.497 e. The maximum Gasteiger partial charge on any atom is 0.118 e. The van der Waals surface area contributed by atoms with Crippen LogP contribution in [0.2, 0.25) is 0 Å². The van der Waals surface area contributed by atoms with E-state index in [9.17, 15) is 5.11 Å². The van der Waals surface area contributed by atoms with Crippen molar-refractivity contribution in [3.05, 3.63) is 29.8 Å². The standard InChI is InChI=1S/C15H23NO3/c1-16(9-15(10-17)11-19-12-15)8-7-13-3-5-14(18-2)6-4-13/h3-6,17H,7-12H2,1-2H3. The van der Waals surface area contributed by atoms with Gasteiger partial charge in [0.2, 0.25) is 0 Å². The number of hydrogen-bond donors (Lipinski definition) is 1. The zero-order valence-corrected chi connectivity index (χ0v) is 11.8. The quantitative estimate of drug-likeness (QED) is 0.804. The van der Waals surface area contributed by atoms with Gasteiger partial charge in [-0.2, -0.15) is 0 Å². The second-order valence-corrected chi connectivity index (χ2v) is 5.49. The lowest BCUT2D eigenvalue weighted by Gasteiger charge is -2.42. The van der Waals surface area contributed by atoms with Crippen molar-refractivity contribution < 1.29 is 14.6 Å². The second kappa shape index (κ2) is 6.37. The van der Waals surface area contributed by atoms with Gasteiger partial charge < -0.3 is 19.5 Å². The summed E-state index contributed by atoms with van der Waals surface area (Å²) in [5, 5.41) is 9.41. The summed E-state index contributed by atoms with van der Waals surface area (Å²) in [6.07, 6.45) is 1.00. The number of benzene rings is 1. The van der Waals surface area contributed by atoms with Crippen LogP contribution in [0.1, 0.15) is 5.56 Å². The van der Waals surface area contributed by atoms with Crippen molar-refractivity contribution in [1.82, 2.24) is 4.90 Å². The summed E-state index contributed by atoms with van der Waals surface area (Å²) >= 11 is 0. The minimum Gasteiger partial charge on any atom is -0.497 e. The molecule has 1 aromatic rings. The molecule has 0 bridgehead atoms. The number of ether oxygens (including phenoxy) is 2. The van der Waals surface area contributed by atoms with E-state index in [1.165, 1.54) is 5.56 Å². The van der Waals surface area contributed by atoms with Gasteiger partial charge in [0.05, 0.1) is 32.3 Å². The van der Waals surface area contributed by atoms with Crippen molar-refractivity contribution in [3.63, 3.8) is 0 Å². The van der Waals surface area contributed by atoms with Gasteiger partial charge in [-0.05, 0) is 31.2 Å². The average Bonchev–Trinajstić information content (AvgIpc) is 2.41. The minimum absolute atomic E-state index is 0.0331. The topological polar surface area (TPSA) is 41.9 Å². The SMILES string of the molecule is COc1ccc(CCN(C)CC2(CO)COC2)cc1. The van der Waals surface area contributed by atoms with Crippen LogP contribution in [0.3, 0.4) is 0 Å². The van der Waals surface area contributed by atoms with Crippen LogP contribution in [0.5, 0.6) is 5.75 Å². The molecule has 4 heteroatoms. The maximum atomic E-state index is 9.41. The Kier molecular flexibility index (Phi) is 4.80. The fourth-order valence-corrected chi connectivity index (χ4v) is 2.39. The van der Waals surface area contributed by atoms with Gasteiger partial charge in [-0.15, -0.1) is 0 Å². The summed E-state index contributed by atoms with van der Waals surface area (Å²) in [6.45, 7) is 3.43. The fourth-order valence-electron chi connectivity index (χ4n) is 2.39. The zero-order chi connectivity index (χ0) is 13.7. The van der Waals surface area contributed by atoms with Crippen LogP contribution in [0.4, 0.5) is 0 Å². The van der Waals surface area contributed by atoms with Crippen LogP contribution in [-0.4, -0.2) is 57.1 Å². The lowest BCUT2D eigenvalue weighted by molar-refractivity contribution is -0.146. The molecule has 4 nitrogen and oxygen atoms in total. The van der Waals surface area contributed by atoms with E-state index in [2.05, 4.69) is 24.1 Å². The Morgan fingerprint density at radius 2 is 2.00 bits per heavy atom. The van der Waals surface area contributed by atoms with Gasteiger partial charge in [-0.3, -0.25) is 0 Å². The van der Waals surface area contributed by atoms with E-state index < -0.39 is 0 Å². The third kappa shape index (κ3) is 3.69. The molecular formula is C15H23NO3. The number of likely N-dealkylation sites (N-methyl/N-ethyl adjacent to an activating group) is 1. The van der Waals surface area contributed by atoms with Crippen molar-refractivity contribution >= 4 is 0 Å². The fraction of sp³-hybridized carbons (Fsp3) is 0.600. The smallest absolute Gasteiger partial charge is 0.118 e. The van der Waals surface area contributed by atoms with E-state index in [1.807, 2.05) is 12.1 Å². The Bertz CT molecular complexity index is 381. The molecule has 106 valence electrons. The normalized spacial score (nSPS) is 17.3. The molecule has 19 heavy (non-hydrogen) atoms. The zero-order valence-electron chi connectivity index (χ0n) is 11.8. The van der Waals surface area contributed by atoms with Gasteiger partial charge in [0.1, 0.15) is 5.75 Å². The highest BCUT2D eigenvalue weighted by molar-refractivity contribution is 5.27. The summed E-state index contributed by atoms with van der Waals surface area (Å²) in [5.74, 6) is 0.892. The summed E-state index contributed by atoms with van der Waals surface area (Å²) in [6, 6.07) is 8.18. The number of rotatable bonds is 7. The molecule has 0 unspecified atom stereocenters. The first-order valence-corrected chi connectivity index (χ1v) is 6.67. The molecule has 1 aliphatic rings. The highest BCUT2D eigenvalue weighted by atomic mass is 16.5. The molecule has 0 aliphatic carbocycles. The Morgan fingerprint density at radius 3 is 2.47 bits per heavy atom. The Hall–Kier alpha value is -1.10. The number of hydrogen-bond acceptors (Lipinski definition) is 4. The lowest BCUT2D eigenvalue weighted by Crippen LogP contribution is -2.52. The number of nitrogens with zero attached hydrogens (tertiary/aromatic N) is 1. The van der Waals surface area contributed by atoms with Gasteiger partial charge >= 0.3 is 0 Å². The molecule has 2 rings (SSSR count). The van der Waals surface area contributed by atoms with E-state index in [0.717, 1.165) is 25.3 Å². The lowest BCUT2D eigenvalue weighted by atomic mass is 9.86. The van der Waals surface area contributed by atoms with Crippen LogP contribution < -0.4 is 4.74 Å². The Labute approximate surface area is 114 Å². The maximum absolute atomic E-state index is 9.41. The predicted molar refractivity (Wildman–Crippen MR) is 74.5 cm³/mol. The number of aliphatic hydroxyl groups excluding tert-OH is 1. The first-order valence-electron chi connectivity index (χ1n) is 6.67. The molecule has 1 saturated heterocycles. The van der Waals surface area contributed by atoms with Crippen molar-refractivity contribution in [3.8, 4) is 5.75 Å². The van der Waals surface area contributed by atoms with Crippen LogP contribution in [-0.2, 0) is 11.2 Å². The van der Waals surface area contributed by atoms with Gasteiger partial charge in [0, 0.05) is 13.1 Å². The van der Waals surface area contributed by atoms with Gasteiger partial charge in [-0.25, -0.2) is 0 Å². The number of aliphatic hydroxyl groups is 1. The highest BCUT2D eigenvalue weighted by Crippen LogP contribution is 2.27. The van der Waals surface area contributed by atoms with Crippen LogP contribution in [0, 0.1) is 5.41 Å². The molecule has 1 fully saturated rings. The molecule has 0 spiro atoms. The van der Waals surface area contributed by atoms with E-state index in [4.69, 9.17) is 9.47 Å². The predicted octanol–water partition coefficient (Wildman–Crippen LogP) is 1.18. The minimum atomic E-state index is -0.0331. The summed E-state index contributed by atoms with van der Waals surface area (Å²) < 4.78 is 10.4. The van der Waals surface area contributed by atoms with Crippen molar-refractivity contribution in [1.29, 1.82) is 0 Å². The number of methoxy groups -OCH3 is 1. The molecule has 0 aromatic heterocycles. The van der Waals surface area contributed by atoms with Gasteiger partial charge in [0.25, 0.3) is 0 Å². The van der Waals surface area contributed by atoms with E-state index >= 15 is 0 Å². The van der Waals surface area contributed by atoms with Crippen molar-refractivity contribution in [2.45, 2.75) is 6.42 Å². The first kappa shape index (κ1) is 14.3. The molecule has 1 N–H and O–H groups in total. The Balaban J connectivity index is 1.77. The van der Waals surface area contributed by atoms with E-state index in [1.54, 1.807) is 7.11 Å². The van der Waals surface area contributed by atoms with Crippen LogP contribution >= 0.6 is 0 Å². The van der Waals surface area contributed by atoms with Gasteiger partial charge in [-0.1, -0.05) is 12.1 Å². The molecule has 1 heterocycles.